The summed E-state index contributed by atoms with van der Waals surface area (Å²) >= 11 is 0. The number of nitrogens with zero attached hydrogens (tertiary/aromatic N) is 4. The molecule has 2 aromatic heterocycles. The number of hydrogen-bond acceptors (Lipinski definition) is 13. The number of carboxylic acids is 1. The van der Waals surface area contributed by atoms with Gasteiger partial charge in [0.1, 0.15) is 29.3 Å². The first-order chi connectivity index (χ1) is 42.7. The Morgan fingerprint density at radius 1 is 0.602 bits per heavy atom. The number of fused-ring (bicyclic) bond motifs is 2. The van der Waals surface area contributed by atoms with Crippen LogP contribution < -0.4 is 0 Å². The van der Waals surface area contributed by atoms with E-state index in [0.29, 0.717) is 63.7 Å². The highest BCUT2D eigenvalue weighted by molar-refractivity contribution is 5.79. The van der Waals surface area contributed by atoms with Gasteiger partial charge in [-0.2, -0.15) is 0 Å². The molecule has 4 unspecified atom stereocenters. The van der Waals surface area contributed by atoms with E-state index in [4.69, 9.17) is 43.1 Å². The molecule has 0 saturated carbocycles. The third-order valence-electron chi connectivity index (χ3n) is 20.3. The van der Waals surface area contributed by atoms with Crippen LogP contribution in [0, 0.1) is 22.5 Å². The maximum atomic E-state index is 14.9. The number of unbranched alkanes of at least 4 members (excludes halogenated alkanes) is 2. The average molecular weight is 1220 g/mol. The van der Waals surface area contributed by atoms with Crippen LogP contribution in [-0.2, 0) is 81.3 Å². The second-order valence-corrected chi connectivity index (χ2v) is 27.8. The van der Waals surface area contributed by atoms with Crippen molar-refractivity contribution >= 4 is 11.9 Å². The van der Waals surface area contributed by atoms with E-state index in [1.807, 2.05) is 31.7 Å². The molecule has 480 valence electrons. The van der Waals surface area contributed by atoms with Crippen LogP contribution >= 0.6 is 0 Å². The van der Waals surface area contributed by atoms with Crippen LogP contribution in [0.3, 0.4) is 0 Å². The topological polar surface area (TPSA) is 151 Å². The lowest BCUT2D eigenvalue weighted by atomic mass is 9.74. The molecular weight excluding hydrogens is 1120 g/mol. The molecule has 8 aliphatic rings. The zero-order valence-corrected chi connectivity index (χ0v) is 52.9. The zero-order chi connectivity index (χ0) is 61.1. The summed E-state index contributed by atoms with van der Waals surface area (Å²) in [6, 6.07) is 16.6. The van der Waals surface area contributed by atoms with E-state index in [-0.39, 0.29) is 47.0 Å². The Labute approximate surface area is 521 Å². The molecule has 1 N–H and O–H groups in total. The first kappa shape index (κ1) is 64.7. The van der Waals surface area contributed by atoms with Gasteiger partial charge in [0.2, 0.25) is 0 Å². The summed E-state index contributed by atoms with van der Waals surface area (Å²) in [7, 11) is 0. The van der Waals surface area contributed by atoms with Crippen molar-refractivity contribution in [2.24, 2.45) is 10.8 Å². The van der Waals surface area contributed by atoms with E-state index >= 15 is 0 Å². The van der Waals surface area contributed by atoms with Crippen molar-refractivity contribution in [1.29, 1.82) is 0 Å². The maximum Gasteiger partial charge on any atom is 0.328 e. The molecule has 0 radical (unpaired) electrons. The Hall–Kier alpha value is -4.78. The summed E-state index contributed by atoms with van der Waals surface area (Å²) in [5, 5.41) is 10.3. The molecule has 6 saturated heterocycles. The largest absolute Gasteiger partial charge is 0.480 e. The number of benzene rings is 2. The summed E-state index contributed by atoms with van der Waals surface area (Å²) in [4.78, 5) is 40.4. The van der Waals surface area contributed by atoms with Crippen LogP contribution in [0.4, 0.5) is 8.78 Å². The number of pyridine rings is 2. The number of aliphatic carboxylic acids is 1. The van der Waals surface area contributed by atoms with Crippen LogP contribution in [0.15, 0.2) is 60.7 Å². The number of hydrogen-bond donors (Lipinski definition) is 1. The number of carboxylic acid groups (broad SMARTS) is 1. The molecule has 6 fully saturated rings. The molecule has 16 heteroatoms. The standard InChI is InChI=1S/C38H53FN2O5.C34H45FN2O5/c1-37(2,3)46-36(42)35(32-24-28(39)12-14-31(32)34-15-17-38(26-45-34)18-22-43-23-19-38)41-20-16-30(25-41)44-21-7-6-9-29-13-11-27-8-4-5-10-33(27)40-29;35-25-9-11-28(31-12-14-34(23-42-31)15-19-40-20-16-34)29(21-25)32(33(38)39)37-17-13-27(22-37)41-18-4-3-6-26-10-8-24-5-1-2-7-30(24)36-26/h11-14,24,30,34-35H,4-10,15-23,25-26H2,1-3H3;8-11,21,27,31-32H,1-7,12-20,22-23H2,(H,38,39)/t30-,34?,35?;27-,31?,32?/m11/s1. The fourth-order valence-corrected chi connectivity index (χ4v) is 15.2. The highest BCUT2D eigenvalue weighted by Crippen LogP contribution is 2.48. The van der Waals surface area contributed by atoms with Crippen LogP contribution in [0.2, 0.25) is 0 Å². The molecule has 8 heterocycles. The Balaban J connectivity index is 0.000000183. The summed E-state index contributed by atoms with van der Waals surface area (Å²) in [6.07, 6.45) is 24.3. The van der Waals surface area contributed by atoms with Gasteiger partial charge in [-0.25, -0.2) is 13.6 Å². The predicted molar refractivity (Wildman–Crippen MR) is 332 cm³/mol. The molecule has 88 heavy (non-hydrogen) atoms. The lowest BCUT2D eigenvalue weighted by Gasteiger charge is -2.43. The number of esters is 1. The van der Waals surface area contributed by atoms with Gasteiger partial charge in [0.05, 0.1) is 37.6 Å². The third kappa shape index (κ3) is 16.8. The molecule has 4 aromatic rings. The number of aryl methyl sites for hydroxylation is 6. The number of carbonyl (C=O) groups is 2. The Morgan fingerprint density at radius 2 is 1.06 bits per heavy atom. The molecule has 12 rings (SSSR count). The van der Waals surface area contributed by atoms with Crippen molar-refractivity contribution in [1.82, 2.24) is 19.8 Å². The van der Waals surface area contributed by atoms with Gasteiger partial charge in [-0.1, -0.05) is 24.3 Å². The minimum absolute atomic E-state index is 0.0168. The number of halogens is 2. The number of rotatable bonds is 20. The minimum atomic E-state index is -0.961. The zero-order valence-electron chi connectivity index (χ0n) is 52.9. The highest BCUT2D eigenvalue weighted by Gasteiger charge is 2.44. The van der Waals surface area contributed by atoms with Crippen molar-refractivity contribution in [3.05, 3.63) is 128 Å². The van der Waals surface area contributed by atoms with E-state index < -0.39 is 29.5 Å². The third-order valence-corrected chi connectivity index (χ3v) is 20.3. The first-order valence-electron chi connectivity index (χ1n) is 33.8. The summed E-state index contributed by atoms with van der Waals surface area (Å²) in [6.45, 7) is 13.7. The minimum Gasteiger partial charge on any atom is -0.480 e. The van der Waals surface area contributed by atoms with Crippen LogP contribution in [-0.4, -0.2) is 134 Å². The van der Waals surface area contributed by atoms with Gasteiger partial charge >= 0.3 is 11.9 Å². The SMILES string of the molecule is CC(C)(C)OC(=O)C(c1cc(F)ccc1C1CCC2(CCOCC2)CO1)N1CC[C@@H](OCCCCc2ccc3c(n2)CCCC3)C1.O=C(O)C(c1cc(F)ccc1C1CCC2(CCOCC2)CO1)N1CC[C@@H](OCCCCc2ccc3c(n2)CCCC3)C1. The molecule has 6 aliphatic heterocycles. The Kier molecular flexibility index (Phi) is 22.1. The van der Waals surface area contributed by atoms with Gasteiger partial charge in [-0.15, -0.1) is 0 Å². The van der Waals surface area contributed by atoms with Gasteiger partial charge < -0.3 is 38.3 Å². The van der Waals surface area contributed by atoms with E-state index in [9.17, 15) is 23.5 Å². The smallest absolute Gasteiger partial charge is 0.328 e. The van der Waals surface area contributed by atoms with Gasteiger partial charge in [-0.05, 0) is 255 Å². The fourth-order valence-electron chi connectivity index (χ4n) is 15.2. The Morgan fingerprint density at radius 3 is 1.50 bits per heavy atom. The number of likely N-dealkylation sites (tertiary alicyclic amines) is 2. The number of ether oxygens (including phenoxy) is 7. The summed E-state index contributed by atoms with van der Waals surface area (Å²) in [5.74, 6) is -2.09. The average Bonchev–Trinajstić information content (AvgIpc) is 1.55. The van der Waals surface area contributed by atoms with Crippen molar-refractivity contribution < 1.29 is 56.6 Å². The maximum absolute atomic E-state index is 14.9. The van der Waals surface area contributed by atoms with E-state index in [0.717, 1.165) is 166 Å². The van der Waals surface area contributed by atoms with Gasteiger partial charge in [-0.3, -0.25) is 24.6 Å². The normalized spacial score (nSPS) is 24.5. The van der Waals surface area contributed by atoms with Crippen molar-refractivity contribution in [3.8, 4) is 0 Å². The predicted octanol–water partition coefficient (Wildman–Crippen LogP) is 13.2. The van der Waals surface area contributed by atoms with Crippen molar-refractivity contribution in [2.45, 2.75) is 217 Å². The Bertz CT molecular complexity index is 2940. The summed E-state index contributed by atoms with van der Waals surface area (Å²) < 4.78 is 72.0. The lowest BCUT2D eigenvalue weighted by Crippen LogP contribution is -2.40. The van der Waals surface area contributed by atoms with Crippen LogP contribution in [0.5, 0.6) is 0 Å². The fraction of sp³-hybridized carbons (Fsp3) is 0.667. The second-order valence-electron chi connectivity index (χ2n) is 27.8. The molecule has 2 aliphatic carbocycles. The van der Waals surface area contributed by atoms with Crippen molar-refractivity contribution in [2.75, 3.05) is 79.0 Å². The highest BCUT2D eigenvalue weighted by atomic mass is 19.1. The molecule has 2 spiro atoms. The molecule has 0 bridgehead atoms. The number of aromatic nitrogens is 2. The van der Waals surface area contributed by atoms with E-state index in [2.05, 4.69) is 29.2 Å². The number of carbonyl (C=O) groups excluding carboxylic acids is 1. The second kappa shape index (κ2) is 30.1. The quantitative estimate of drug-likeness (QED) is 0.0660. The molecule has 0 amide bonds. The lowest BCUT2D eigenvalue weighted by molar-refractivity contribution is -0.161. The monoisotopic (exact) mass is 1220 g/mol. The molecule has 14 nitrogen and oxygen atoms in total. The van der Waals surface area contributed by atoms with E-state index in [1.54, 1.807) is 6.07 Å². The van der Waals surface area contributed by atoms with Crippen LogP contribution in [0.1, 0.15) is 217 Å². The molecule has 6 atom stereocenters. The van der Waals surface area contributed by atoms with Crippen LogP contribution in [0.25, 0.3) is 0 Å². The van der Waals surface area contributed by atoms with Gasteiger partial charge in [0, 0.05) is 88.6 Å². The van der Waals surface area contributed by atoms with Gasteiger partial charge in [0.25, 0.3) is 0 Å². The van der Waals surface area contributed by atoms with E-state index in [1.165, 1.54) is 83.9 Å². The summed E-state index contributed by atoms with van der Waals surface area (Å²) in [5.41, 5.74) is 10.3. The van der Waals surface area contributed by atoms with Gasteiger partial charge in [0.15, 0.2) is 0 Å². The molecular formula is C72H98F2N4O10. The molecule has 2 aromatic carbocycles. The van der Waals surface area contributed by atoms with Crippen molar-refractivity contribution in [3.63, 3.8) is 0 Å². The first-order valence-corrected chi connectivity index (χ1v) is 33.8.